The number of hydrogen-bond acceptors (Lipinski definition) is 0. The second-order valence-electron chi connectivity index (χ2n) is 0. The van der Waals surface area contributed by atoms with Crippen molar-refractivity contribution in [2.24, 2.45) is 0 Å². The van der Waals surface area contributed by atoms with E-state index in [0.29, 0.717) is 0 Å². The minimum atomic E-state index is 0. The van der Waals surface area contributed by atoms with Gasteiger partial charge in [-0.3, -0.25) is 0 Å². The van der Waals surface area contributed by atoms with Gasteiger partial charge < -0.3 is 0 Å². The molecule has 0 unspecified atom stereocenters. The molecule has 0 nitrogen and oxygen atoms in total. The molecule has 0 rings (SSSR count). The summed E-state index contributed by atoms with van der Waals surface area (Å²) in [5.74, 6) is 0. The zero-order valence-corrected chi connectivity index (χ0v) is 13.9. The van der Waals surface area contributed by atoms with Crippen LogP contribution in [0.3, 0.4) is 0 Å². The number of rotatable bonds is 0. The molecule has 0 aromatic heterocycles. The van der Waals surface area contributed by atoms with E-state index in [-0.39, 0.29) is 139 Å². The molecule has 0 bridgehead atoms. The van der Waals surface area contributed by atoms with E-state index in [1.165, 1.54) is 0 Å². The van der Waals surface area contributed by atoms with Crippen molar-refractivity contribution in [3.05, 3.63) is 0 Å². The smallest absolute Gasteiger partial charge is 0 e. The zero-order valence-electron chi connectivity index (χ0n) is 4.62. The fraction of sp³-hybridized carbons (Fsp3) is 0. The van der Waals surface area contributed by atoms with Crippen molar-refractivity contribution in [1.82, 2.24) is 0 Å². The molecule has 0 aliphatic heterocycles. The van der Waals surface area contributed by atoms with Gasteiger partial charge >= 0.3 is 0 Å². The van der Waals surface area contributed by atoms with Crippen LogP contribution in [0.1, 0.15) is 0 Å². The van der Waals surface area contributed by atoms with Crippen molar-refractivity contribution in [3.63, 3.8) is 0 Å². The lowest BCUT2D eigenvalue weighted by atomic mass is 27.0. The van der Waals surface area contributed by atoms with Crippen LogP contribution in [0.5, 0.6) is 0 Å². The van der Waals surface area contributed by atoms with Gasteiger partial charge in [-0.15, -0.1) is 0 Å². The molecule has 0 heterocycles. The maximum Gasteiger partial charge on any atom is 0 e. The SMILES string of the molecule is [27Al].[27Al].[27Al].[27Al].[27Al].[27Al].[27Al].[27Al]. The van der Waals surface area contributed by atoms with E-state index in [4.69, 9.17) is 0 Å². The highest BCUT2D eigenvalue weighted by molar-refractivity contribution is 5.76. The van der Waals surface area contributed by atoms with E-state index >= 15 is 0 Å². The fourth-order valence-electron chi connectivity index (χ4n) is 0. The molecule has 0 atom stereocenters. The normalized spacial score (nSPS) is 0. The van der Waals surface area contributed by atoms with Crippen LogP contribution < -0.4 is 0 Å². The average molecular weight is 216 g/mol. The summed E-state index contributed by atoms with van der Waals surface area (Å²) in [6.45, 7) is 0. The minimum absolute atomic E-state index is 0. The highest BCUT2D eigenvalue weighted by Gasteiger charge is 0.00700. The summed E-state index contributed by atoms with van der Waals surface area (Å²) in [5, 5.41) is 0. The van der Waals surface area contributed by atoms with Gasteiger partial charge in [0.05, 0.1) is 0 Å². The summed E-state index contributed by atoms with van der Waals surface area (Å²) >= 11 is 0. The Kier molecular flexibility index (Phi) is 699. The first-order valence-corrected chi connectivity index (χ1v) is 0. The quantitative estimate of drug-likeness (QED) is 0.377. The van der Waals surface area contributed by atoms with Crippen LogP contribution in [0.4, 0.5) is 0 Å². The summed E-state index contributed by atoms with van der Waals surface area (Å²) < 4.78 is 0. The van der Waals surface area contributed by atoms with E-state index in [1.54, 1.807) is 0 Å². The van der Waals surface area contributed by atoms with Crippen molar-refractivity contribution in [3.8, 4) is 0 Å². The van der Waals surface area contributed by atoms with Crippen molar-refractivity contribution < 1.29 is 0 Å². The summed E-state index contributed by atoms with van der Waals surface area (Å²) in [5.41, 5.74) is 0. The van der Waals surface area contributed by atoms with Gasteiger partial charge in [-0.05, 0) is 0 Å². The molecule has 0 aromatic carbocycles. The third kappa shape index (κ3) is 48.5. The highest BCUT2D eigenvalue weighted by atomic mass is 27.0. The molecule has 0 saturated carbocycles. The molecule has 0 spiro atoms. The molecule has 0 aliphatic carbocycles. The van der Waals surface area contributed by atoms with Crippen molar-refractivity contribution in [2.45, 2.75) is 0 Å². The molecule has 0 saturated heterocycles. The summed E-state index contributed by atoms with van der Waals surface area (Å²) in [7, 11) is 0. The molecule has 0 N–H and O–H groups in total. The lowest BCUT2D eigenvalue weighted by Crippen LogP contribution is -0.382. The Morgan fingerprint density at radius 3 is 0.125 bits per heavy atom. The molecule has 0 aliphatic rings. The second kappa shape index (κ2) is 65.3. The topological polar surface area (TPSA) is 0 Å². The van der Waals surface area contributed by atoms with E-state index < -0.39 is 0 Å². The van der Waals surface area contributed by atoms with Gasteiger partial charge in [0.1, 0.15) is 0 Å². The molecule has 24 radical (unpaired) electrons. The predicted octanol–water partition coefficient (Wildman–Crippen LogP) is -3.05. The van der Waals surface area contributed by atoms with Gasteiger partial charge in [0.2, 0.25) is 0 Å². The van der Waals surface area contributed by atoms with Gasteiger partial charge in [-0.2, -0.15) is 0 Å². The second-order valence-corrected chi connectivity index (χ2v) is 0. The Morgan fingerprint density at radius 1 is 0.125 bits per heavy atom. The van der Waals surface area contributed by atoms with Crippen LogP contribution in [0, 0.1) is 0 Å². The maximum atomic E-state index is 0. The van der Waals surface area contributed by atoms with Gasteiger partial charge in [-0.25, -0.2) is 0 Å². The lowest BCUT2D eigenvalue weighted by molar-refractivity contribution is 5.75. The predicted molar refractivity (Wildman–Crippen MR) is 46.0 cm³/mol. The first-order chi connectivity index (χ1) is 0. The Balaban J connectivity index is 0. The fourth-order valence-corrected chi connectivity index (χ4v) is 0. The van der Waals surface area contributed by atoms with Crippen LogP contribution in [0.15, 0.2) is 0 Å². The molecule has 0 fully saturated rings. The van der Waals surface area contributed by atoms with Crippen LogP contribution in [0.2, 0.25) is 0 Å². The highest BCUT2D eigenvalue weighted by Crippen LogP contribution is -0.374. The Labute approximate surface area is 136 Å². The first-order valence-electron chi connectivity index (χ1n) is 0. The standard InChI is InChI=1S/8Al/i8*1+0. The molecular formula is Al8. The Bertz CT molecular complexity index is 0. The van der Waals surface area contributed by atoms with E-state index in [9.17, 15) is 0 Å². The number of hydrogen-bond donors (Lipinski definition) is 0. The molecular weight excluding hydrogens is 216 g/mol. The monoisotopic (exact) mass is 216 g/mol. The summed E-state index contributed by atoms with van der Waals surface area (Å²) in [6.07, 6.45) is 0. The molecule has 8 heteroatoms. The van der Waals surface area contributed by atoms with Crippen molar-refractivity contribution in [1.29, 1.82) is 0 Å². The van der Waals surface area contributed by atoms with E-state index in [1.807, 2.05) is 0 Å². The molecule has 8 heavy (non-hydrogen) atoms. The van der Waals surface area contributed by atoms with Crippen LogP contribution >= 0.6 is 0 Å². The maximum absolute atomic E-state index is 0. The summed E-state index contributed by atoms with van der Waals surface area (Å²) in [6, 6.07) is 0. The van der Waals surface area contributed by atoms with Gasteiger partial charge in [0.25, 0.3) is 0 Å². The van der Waals surface area contributed by atoms with Crippen LogP contribution in [-0.4, -0.2) is 139 Å². The zero-order chi connectivity index (χ0) is 0. The molecule has 24 valence electrons. The first kappa shape index (κ1) is 85.7. The van der Waals surface area contributed by atoms with E-state index in [2.05, 4.69) is 0 Å². The third-order valence-electron chi connectivity index (χ3n) is 0. The van der Waals surface area contributed by atoms with Gasteiger partial charge in [-0.1, -0.05) is 0 Å². The largest absolute Gasteiger partial charge is 0 e. The molecule has 0 aromatic rings. The lowest BCUT2D eigenvalue weighted by Gasteiger charge is -0.00100. The minimum Gasteiger partial charge on any atom is 0 e. The Morgan fingerprint density at radius 2 is 0.125 bits per heavy atom. The average Bonchev–Trinajstić information content (AvgIpc) is 0. The van der Waals surface area contributed by atoms with E-state index in [0.717, 1.165) is 0 Å². The Hall–Kier alpha value is 4.26. The third-order valence-corrected chi connectivity index (χ3v) is 0. The molecule has 0 amide bonds. The van der Waals surface area contributed by atoms with Crippen molar-refractivity contribution in [2.75, 3.05) is 0 Å². The van der Waals surface area contributed by atoms with Gasteiger partial charge in [0, 0.05) is 139 Å². The van der Waals surface area contributed by atoms with Crippen LogP contribution in [-0.2, 0) is 0 Å². The van der Waals surface area contributed by atoms with Crippen LogP contribution in [0.25, 0.3) is 0 Å². The van der Waals surface area contributed by atoms with Crippen molar-refractivity contribution >= 4 is 139 Å². The summed E-state index contributed by atoms with van der Waals surface area (Å²) in [4.78, 5) is 0. The van der Waals surface area contributed by atoms with Gasteiger partial charge in [0.15, 0.2) is 0 Å².